The number of rotatable bonds is 3. The Balaban J connectivity index is 1.67. The molecule has 3 aromatic rings. The Morgan fingerprint density at radius 1 is 1.06 bits per heavy atom. The predicted molar refractivity (Wildman–Crippen MR) is 120 cm³/mol. The molecule has 0 bridgehead atoms. The van der Waals surface area contributed by atoms with Gasteiger partial charge in [-0.05, 0) is 49.4 Å². The first-order valence-corrected chi connectivity index (χ1v) is 11.7. The molecular formula is C23H24FN3O3S. The number of nitrogens with zero attached hydrogens (tertiary/aromatic N) is 3. The van der Waals surface area contributed by atoms with E-state index < -0.39 is 15.8 Å². The molecule has 0 unspecified atom stereocenters. The van der Waals surface area contributed by atoms with Crippen LogP contribution >= 0.6 is 0 Å². The molecule has 6 nitrogen and oxygen atoms in total. The number of hydrogen-bond acceptors (Lipinski definition) is 5. The Morgan fingerprint density at radius 2 is 1.90 bits per heavy atom. The molecule has 2 aliphatic rings. The molecule has 31 heavy (non-hydrogen) atoms. The highest BCUT2D eigenvalue weighted by molar-refractivity contribution is 7.90. The molecule has 0 saturated heterocycles. The lowest BCUT2D eigenvalue weighted by molar-refractivity contribution is 0.310. The number of hydrogen-bond donors (Lipinski definition) is 0. The van der Waals surface area contributed by atoms with Crippen LogP contribution in [0.2, 0.25) is 0 Å². The van der Waals surface area contributed by atoms with Gasteiger partial charge in [0.25, 0.3) is 10.0 Å². The van der Waals surface area contributed by atoms with E-state index >= 15 is 0 Å². The minimum absolute atomic E-state index is 0.117. The number of fused-ring (bicyclic) bond motifs is 2. The Morgan fingerprint density at radius 3 is 2.68 bits per heavy atom. The SMILES string of the molecule is CN1CC=C(c2cn(S(=O)(=O)c3ccc4c(c3)OCCN4C)c3cc(F)ccc23)CC1. The third kappa shape index (κ3) is 3.40. The first kappa shape index (κ1) is 20.1. The molecule has 0 N–H and O–H groups in total. The molecular weight excluding hydrogens is 417 g/mol. The van der Waals surface area contributed by atoms with Crippen LogP contribution in [0.15, 0.2) is 53.6 Å². The van der Waals surface area contributed by atoms with Gasteiger partial charge in [0, 0.05) is 43.4 Å². The Hall–Kier alpha value is -2.84. The van der Waals surface area contributed by atoms with E-state index in [2.05, 4.69) is 11.0 Å². The van der Waals surface area contributed by atoms with Crippen LogP contribution < -0.4 is 9.64 Å². The number of likely N-dealkylation sites (N-methyl/N-ethyl adjacent to an activating group) is 2. The van der Waals surface area contributed by atoms with Crippen molar-refractivity contribution in [3.8, 4) is 5.75 Å². The fourth-order valence-electron chi connectivity index (χ4n) is 4.25. The smallest absolute Gasteiger partial charge is 0.268 e. The molecule has 0 fully saturated rings. The van der Waals surface area contributed by atoms with Crippen molar-refractivity contribution in [2.24, 2.45) is 0 Å². The van der Waals surface area contributed by atoms with Gasteiger partial charge in [-0.3, -0.25) is 0 Å². The van der Waals surface area contributed by atoms with E-state index in [1.807, 2.05) is 19.0 Å². The lowest BCUT2D eigenvalue weighted by atomic mass is 9.99. The highest BCUT2D eigenvalue weighted by atomic mass is 32.2. The second kappa shape index (κ2) is 7.39. The molecule has 0 atom stereocenters. The molecule has 8 heteroatoms. The van der Waals surface area contributed by atoms with E-state index in [4.69, 9.17) is 4.74 Å². The maximum atomic E-state index is 14.1. The van der Waals surface area contributed by atoms with Crippen molar-refractivity contribution in [3.63, 3.8) is 0 Å². The predicted octanol–water partition coefficient (Wildman–Crippen LogP) is 3.56. The second-order valence-electron chi connectivity index (χ2n) is 8.15. The average Bonchev–Trinajstić information content (AvgIpc) is 3.13. The zero-order chi connectivity index (χ0) is 21.8. The molecule has 162 valence electrons. The Labute approximate surface area is 181 Å². The highest BCUT2D eigenvalue weighted by Crippen LogP contribution is 2.36. The first-order chi connectivity index (χ1) is 14.8. The van der Waals surface area contributed by atoms with Crippen LogP contribution in [0.1, 0.15) is 12.0 Å². The van der Waals surface area contributed by atoms with Crippen molar-refractivity contribution in [2.75, 3.05) is 45.2 Å². The number of aromatic nitrogens is 1. The van der Waals surface area contributed by atoms with Crippen LogP contribution in [0, 0.1) is 5.82 Å². The summed E-state index contributed by atoms with van der Waals surface area (Å²) in [7, 11) is 0.0434. The number of benzene rings is 2. The minimum atomic E-state index is -3.95. The highest BCUT2D eigenvalue weighted by Gasteiger charge is 2.26. The van der Waals surface area contributed by atoms with Crippen molar-refractivity contribution < 1.29 is 17.5 Å². The van der Waals surface area contributed by atoms with Crippen molar-refractivity contribution in [1.82, 2.24) is 8.87 Å². The van der Waals surface area contributed by atoms with Crippen LogP contribution in [0.4, 0.5) is 10.1 Å². The van der Waals surface area contributed by atoms with E-state index in [0.717, 1.165) is 48.3 Å². The van der Waals surface area contributed by atoms with Gasteiger partial charge in [-0.25, -0.2) is 16.8 Å². The molecule has 2 aliphatic heterocycles. The maximum absolute atomic E-state index is 14.1. The zero-order valence-corrected chi connectivity index (χ0v) is 18.3. The van der Waals surface area contributed by atoms with Gasteiger partial charge < -0.3 is 14.5 Å². The molecule has 1 aromatic heterocycles. The molecule has 5 rings (SSSR count). The van der Waals surface area contributed by atoms with E-state index in [1.165, 1.54) is 16.1 Å². The molecule has 2 aromatic carbocycles. The largest absolute Gasteiger partial charge is 0.490 e. The molecule has 0 saturated carbocycles. The minimum Gasteiger partial charge on any atom is -0.490 e. The fourth-order valence-corrected chi connectivity index (χ4v) is 5.63. The van der Waals surface area contributed by atoms with E-state index in [9.17, 15) is 12.8 Å². The summed E-state index contributed by atoms with van der Waals surface area (Å²) in [6.45, 7) is 2.93. The quantitative estimate of drug-likeness (QED) is 0.622. The van der Waals surface area contributed by atoms with Crippen molar-refractivity contribution in [3.05, 3.63) is 60.1 Å². The normalized spacial score (nSPS) is 17.4. The Kier molecular flexibility index (Phi) is 4.79. The van der Waals surface area contributed by atoms with Gasteiger partial charge in [-0.1, -0.05) is 6.08 Å². The lowest BCUT2D eigenvalue weighted by Crippen LogP contribution is -2.29. The topological polar surface area (TPSA) is 54.8 Å². The molecule has 0 amide bonds. The van der Waals surface area contributed by atoms with Gasteiger partial charge >= 0.3 is 0 Å². The van der Waals surface area contributed by atoms with Gasteiger partial charge in [0.1, 0.15) is 18.2 Å². The lowest BCUT2D eigenvalue weighted by Gasteiger charge is -2.27. The van der Waals surface area contributed by atoms with E-state index in [1.54, 1.807) is 30.5 Å². The molecule has 3 heterocycles. The molecule has 0 spiro atoms. The van der Waals surface area contributed by atoms with Gasteiger partial charge in [0.2, 0.25) is 0 Å². The third-order valence-electron chi connectivity index (χ3n) is 6.08. The van der Waals surface area contributed by atoms with Gasteiger partial charge in [0.05, 0.1) is 22.6 Å². The Bertz CT molecular complexity index is 1310. The number of halogens is 1. The summed E-state index contributed by atoms with van der Waals surface area (Å²) in [5, 5.41) is 0.731. The molecule has 0 aliphatic carbocycles. The third-order valence-corrected chi connectivity index (χ3v) is 7.75. The summed E-state index contributed by atoms with van der Waals surface area (Å²) >= 11 is 0. The van der Waals surface area contributed by atoms with Crippen LogP contribution in [-0.4, -0.2) is 57.6 Å². The summed E-state index contributed by atoms with van der Waals surface area (Å²) in [6.07, 6.45) is 4.55. The second-order valence-corrected chi connectivity index (χ2v) is 9.96. The van der Waals surface area contributed by atoms with Crippen LogP contribution in [0.3, 0.4) is 0 Å². The number of ether oxygens (including phenoxy) is 1. The summed E-state index contributed by atoms with van der Waals surface area (Å²) in [4.78, 5) is 4.34. The van der Waals surface area contributed by atoms with Gasteiger partial charge in [0.15, 0.2) is 0 Å². The van der Waals surface area contributed by atoms with Gasteiger partial charge in [-0.2, -0.15) is 0 Å². The molecule has 0 radical (unpaired) electrons. The maximum Gasteiger partial charge on any atom is 0.268 e. The van der Waals surface area contributed by atoms with Crippen molar-refractivity contribution in [1.29, 1.82) is 0 Å². The van der Waals surface area contributed by atoms with E-state index in [-0.39, 0.29) is 4.90 Å². The van der Waals surface area contributed by atoms with Crippen molar-refractivity contribution in [2.45, 2.75) is 11.3 Å². The van der Waals surface area contributed by atoms with Crippen LogP contribution in [0.25, 0.3) is 16.5 Å². The summed E-state index contributed by atoms with van der Waals surface area (Å²) < 4.78 is 48.3. The summed E-state index contributed by atoms with van der Waals surface area (Å²) in [5.74, 6) is 0.0667. The summed E-state index contributed by atoms with van der Waals surface area (Å²) in [6, 6.07) is 9.22. The van der Waals surface area contributed by atoms with Gasteiger partial charge in [-0.15, -0.1) is 0 Å². The monoisotopic (exact) mass is 441 g/mol. The van der Waals surface area contributed by atoms with Crippen LogP contribution in [-0.2, 0) is 10.0 Å². The zero-order valence-electron chi connectivity index (χ0n) is 17.5. The first-order valence-electron chi connectivity index (χ1n) is 10.3. The average molecular weight is 442 g/mol. The fraction of sp³-hybridized carbons (Fsp3) is 0.304. The van der Waals surface area contributed by atoms with Crippen molar-refractivity contribution >= 4 is 32.2 Å². The number of anilines is 1. The van der Waals surface area contributed by atoms with Crippen LogP contribution in [0.5, 0.6) is 5.75 Å². The standard InChI is InChI=1S/C23H24FN3O3S/c1-25-9-7-16(8-10-25)20-15-27(22-13-17(24)3-5-19(20)22)31(28,29)18-4-6-21-23(14-18)30-12-11-26(21)2/h3-7,13-15H,8-12H2,1-2H3. The summed E-state index contributed by atoms with van der Waals surface area (Å²) in [5.41, 5.74) is 3.11. The van der Waals surface area contributed by atoms with E-state index in [0.29, 0.717) is 17.9 Å².